The molecule has 0 bridgehead atoms. The molecule has 3 fully saturated rings. The van der Waals surface area contributed by atoms with Crippen LogP contribution in [-0.2, 0) is 4.79 Å². The van der Waals surface area contributed by atoms with E-state index in [4.69, 9.17) is 4.99 Å². The van der Waals surface area contributed by atoms with Crippen molar-refractivity contribution in [2.45, 2.75) is 90.1 Å². The lowest BCUT2D eigenvalue weighted by molar-refractivity contribution is -0.135. The Morgan fingerprint density at radius 3 is 2.53 bits per heavy atom. The number of carbonyl (C=O) groups excluding carboxylic acids is 1. The normalized spacial score (nSPS) is 26.3. The van der Waals surface area contributed by atoms with E-state index in [0.29, 0.717) is 11.9 Å². The molecule has 7 heteroatoms. The van der Waals surface area contributed by atoms with Gasteiger partial charge in [0.1, 0.15) is 0 Å². The topological polar surface area (TPSA) is 60.0 Å². The van der Waals surface area contributed by atoms with Crippen molar-refractivity contribution in [3.8, 4) is 0 Å². The first-order chi connectivity index (χ1) is 14.2. The number of piperidine rings is 1. The summed E-state index contributed by atoms with van der Waals surface area (Å²) in [6, 6.07) is 1.05. The Morgan fingerprint density at radius 2 is 1.80 bits per heavy atom. The van der Waals surface area contributed by atoms with Crippen LogP contribution in [-0.4, -0.2) is 73.0 Å². The fraction of sp³-hybridized carbons (Fsp3) is 0.913. The van der Waals surface area contributed by atoms with Crippen molar-refractivity contribution in [1.29, 1.82) is 0 Å². The van der Waals surface area contributed by atoms with Crippen molar-refractivity contribution in [2.24, 2.45) is 10.9 Å². The molecule has 2 unspecified atom stereocenters. The molecule has 6 nitrogen and oxygen atoms in total. The van der Waals surface area contributed by atoms with Crippen LogP contribution in [0.4, 0.5) is 0 Å². The Balaban J connectivity index is 0.00000320. The zero-order valence-corrected chi connectivity index (χ0v) is 21.5. The van der Waals surface area contributed by atoms with E-state index < -0.39 is 0 Å². The summed E-state index contributed by atoms with van der Waals surface area (Å²) in [6.45, 7) is 10.3. The number of hydrogen-bond donors (Lipinski definition) is 2. The average molecular weight is 534 g/mol. The van der Waals surface area contributed by atoms with Crippen LogP contribution in [0.1, 0.15) is 78.1 Å². The number of likely N-dealkylation sites (tertiary alicyclic amines) is 2. The van der Waals surface area contributed by atoms with Gasteiger partial charge in [-0.05, 0) is 58.9 Å². The average Bonchev–Trinajstić information content (AvgIpc) is 3.21. The zero-order valence-electron chi connectivity index (χ0n) is 19.2. The molecule has 0 spiro atoms. The van der Waals surface area contributed by atoms with Crippen LogP contribution >= 0.6 is 24.0 Å². The minimum atomic E-state index is 0. The maximum absolute atomic E-state index is 12.8. The number of halogens is 1. The van der Waals surface area contributed by atoms with Gasteiger partial charge in [0, 0.05) is 50.7 Å². The number of hydrogen-bond acceptors (Lipinski definition) is 3. The van der Waals surface area contributed by atoms with Gasteiger partial charge in [0.25, 0.3) is 0 Å². The summed E-state index contributed by atoms with van der Waals surface area (Å²) < 4.78 is 0. The lowest BCUT2D eigenvalue weighted by Gasteiger charge is -2.33. The molecule has 3 aliphatic rings. The third-order valence-corrected chi connectivity index (χ3v) is 6.95. The van der Waals surface area contributed by atoms with Crippen molar-refractivity contribution in [2.75, 3.05) is 39.3 Å². The van der Waals surface area contributed by atoms with Crippen molar-refractivity contribution >= 4 is 35.8 Å². The Labute approximate surface area is 201 Å². The molecule has 1 saturated carbocycles. The van der Waals surface area contributed by atoms with Gasteiger partial charge in [-0.15, -0.1) is 24.0 Å². The first kappa shape index (κ1) is 25.7. The summed E-state index contributed by atoms with van der Waals surface area (Å²) in [6.07, 6.45) is 12.1. The number of nitrogens with one attached hydrogen (secondary N) is 2. The van der Waals surface area contributed by atoms with Crippen molar-refractivity contribution < 1.29 is 4.79 Å². The predicted molar refractivity (Wildman–Crippen MR) is 136 cm³/mol. The smallest absolute Gasteiger partial charge is 0.225 e. The van der Waals surface area contributed by atoms with Crippen LogP contribution in [0.15, 0.2) is 4.99 Å². The van der Waals surface area contributed by atoms with E-state index in [1.807, 2.05) is 0 Å². The Morgan fingerprint density at radius 1 is 1.03 bits per heavy atom. The summed E-state index contributed by atoms with van der Waals surface area (Å²) in [5.41, 5.74) is 0. The van der Waals surface area contributed by atoms with Crippen LogP contribution < -0.4 is 10.6 Å². The molecule has 2 saturated heterocycles. The minimum absolute atomic E-state index is 0. The number of amides is 1. The zero-order chi connectivity index (χ0) is 20.5. The van der Waals surface area contributed by atoms with Crippen molar-refractivity contribution in [3.63, 3.8) is 0 Å². The second-order valence-electron chi connectivity index (χ2n) is 9.24. The maximum Gasteiger partial charge on any atom is 0.225 e. The summed E-state index contributed by atoms with van der Waals surface area (Å²) in [7, 11) is 0. The van der Waals surface area contributed by atoms with Crippen LogP contribution in [0, 0.1) is 5.92 Å². The standard InChI is InChI=1S/C23H43N5O.HI/c1-3-24-23(25-14-9-16-27-15-8-7-10-19(27)2)26-21-13-17-28(18-21)22(29)20-11-5-4-6-12-20;/h19-21H,3-18H2,1-2H3,(H2,24,25,26);1H. The van der Waals surface area contributed by atoms with Crippen LogP contribution in [0.2, 0.25) is 0 Å². The fourth-order valence-corrected chi connectivity index (χ4v) is 5.15. The first-order valence-corrected chi connectivity index (χ1v) is 12.2. The molecule has 2 N–H and O–H groups in total. The molecule has 3 rings (SSSR count). The predicted octanol–water partition coefficient (Wildman–Crippen LogP) is 3.61. The molecule has 1 aliphatic carbocycles. The van der Waals surface area contributed by atoms with Gasteiger partial charge in [-0.3, -0.25) is 9.79 Å². The number of nitrogens with zero attached hydrogens (tertiary/aromatic N) is 3. The lowest BCUT2D eigenvalue weighted by atomic mass is 9.88. The molecule has 0 aromatic carbocycles. The van der Waals surface area contributed by atoms with Gasteiger partial charge < -0.3 is 20.4 Å². The summed E-state index contributed by atoms with van der Waals surface area (Å²) in [4.78, 5) is 22.3. The lowest BCUT2D eigenvalue weighted by Crippen LogP contribution is -2.45. The summed E-state index contributed by atoms with van der Waals surface area (Å²) in [5.74, 6) is 1.59. The Hall–Kier alpha value is -0.570. The molecule has 0 radical (unpaired) electrons. The van der Waals surface area contributed by atoms with Crippen LogP contribution in [0.5, 0.6) is 0 Å². The largest absolute Gasteiger partial charge is 0.357 e. The molecule has 2 atom stereocenters. The van der Waals surface area contributed by atoms with Gasteiger partial charge in [-0.2, -0.15) is 0 Å². The molecule has 174 valence electrons. The fourth-order valence-electron chi connectivity index (χ4n) is 5.15. The highest BCUT2D eigenvalue weighted by Crippen LogP contribution is 2.26. The highest BCUT2D eigenvalue weighted by molar-refractivity contribution is 14.0. The van der Waals surface area contributed by atoms with Gasteiger partial charge in [0.15, 0.2) is 5.96 Å². The van der Waals surface area contributed by atoms with E-state index in [1.54, 1.807) is 0 Å². The van der Waals surface area contributed by atoms with Gasteiger partial charge in [-0.1, -0.05) is 25.7 Å². The van der Waals surface area contributed by atoms with Crippen molar-refractivity contribution in [1.82, 2.24) is 20.4 Å². The number of rotatable bonds is 7. The third kappa shape index (κ3) is 7.84. The molecule has 0 aromatic heterocycles. The van der Waals surface area contributed by atoms with E-state index in [-0.39, 0.29) is 29.9 Å². The molecule has 0 aromatic rings. The monoisotopic (exact) mass is 533 g/mol. The van der Waals surface area contributed by atoms with Crippen molar-refractivity contribution in [3.05, 3.63) is 0 Å². The number of guanidine groups is 1. The second kappa shape index (κ2) is 13.8. The molecule has 2 heterocycles. The third-order valence-electron chi connectivity index (χ3n) is 6.95. The van der Waals surface area contributed by atoms with Gasteiger partial charge >= 0.3 is 0 Å². The SMILES string of the molecule is CCNC(=NCCCN1CCCCC1C)NC1CCN(C(=O)C2CCCCC2)C1.I. The Kier molecular flexibility index (Phi) is 11.8. The minimum Gasteiger partial charge on any atom is -0.357 e. The van der Waals surface area contributed by atoms with Crippen LogP contribution in [0.25, 0.3) is 0 Å². The van der Waals surface area contributed by atoms with E-state index in [9.17, 15) is 4.79 Å². The van der Waals surface area contributed by atoms with Gasteiger partial charge in [-0.25, -0.2) is 0 Å². The highest BCUT2D eigenvalue weighted by atomic mass is 127. The van der Waals surface area contributed by atoms with Gasteiger partial charge in [0.2, 0.25) is 5.91 Å². The van der Waals surface area contributed by atoms with E-state index >= 15 is 0 Å². The molecular weight excluding hydrogens is 489 g/mol. The first-order valence-electron chi connectivity index (χ1n) is 12.2. The van der Waals surface area contributed by atoms with Crippen LogP contribution in [0.3, 0.4) is 0 Å². The molecule has 2 aliphatic heterocycles. The second-order valence-corrected chi connectivity index (χ2v) is 9.24. The van der Waals surface area contributed by atoms with E-state index in [1.165, 1.54) is 45.1 Å². The van der Waals surface area contributed by atoms with E-state index in [0.717, 1.165) is 70.4 Å². The molecular formula is C23H44IN5O. The quantitative estimate of drug-likeness (QED) is 0.227. The maximum atomic E-state index is 12.8. The number of aliphatic imine (C=N–C) groups is 1. The highest BCUT2D eigenvalue weighted by Gasteiger charge is 2.31. The van der Waals surface area contributed by atoms with Gasteiger partial charge in [0.05, 0.1) is 0 Å². The summed E-state index contributed by atoms with van der Waals surface area (Å²) in [5, 5.41) is 6.97. The Bertz CT molecular complexity index is 538. The van der Waals surface area contributed by atoms with E-state index in [2.05, 4.69) is 34.3 Å². The molecule has 1 amide bonds. The summed E-state index contributed by atoms with van der Waals surface area (Å²) >= 11 is 0. The molecule has 30 heavy (non-hydrogen) atoms. The number of carbonyl (C=O) groups is 1.